The molecular weight excluding hydrogens is 555 g/mol. The van der Waals surface area contributed by atoms with E-state index in [1.54, 1.807) is 15.9 Å². The van der Waals surface area contributed by atoms with E-state index in [1.807, 2.05) is 0 Å². The molecule has 3 aromatic carbocycles. The summed E-state index contributed by atoms with van der Waals surface area (Å²) in [5, 5.41) is 3.14. The Labute approximate surface area is 250 Å². The molecule has 188 valence electrons. The molecule has 0 bridgehead atoms. The molecule has 5 heteroatoms. The number of aryl methyl sites for hydroxylation is 4. The van der Waals surface area contributed by atoms with E-state index in [0.717, 1.165) is 0 Å². The number of allylic oxidation sites excluding steroid dienone is 4. The van der Waals surface area contributed by atoms with Gasteiger partial charge in [-0.1, -0.05) is 0 Å². The second-order valence-corrected chi connectivity index (χ2v) is 14.3. The molecule has 1 aliphatic rings. The largest absolute Gasteiger partial charge is 1.00 e. The van der Waals surface area contributed by atoms with E-state index in [-0.39, 0.29) is 40.9 Å². The summed E-state index contributed by atoms with van der Waals surface area (Å²) in [5.41, 5.74) is 12.9. The van der Waals surface area contributed by atoms with E-state index in [2.05, 4.69) is 136 Å². The van der Waals surface area contributed by atoms with Gasteiger partial charge in [0.05, 0.1) is 0 Å². The summed E-state index contributed by atoms with van der Waals surface area (Å²) in [7, 11) is -1.51. The van der Waals surface area contributed by atoms with Crippen LogP contribution in [0.3, 0.4) is 0 Å². The fourth-order valence-electron chi connectivity index (χ4n) is 5.78. The number of benzene rings is 3. The summed E-state index contributed by atoms with van der Waals surface area (Å²) in [6, 6.07) is 26.8. The van der Waals surface area contributed by atoms with E-state index in [1.165, 1.54) is 50.6 Å². The third-order valence-electron chi connectivity index (χ3n) is 7.43. The predicted octanol–water partition coefficient (Wildman–Crippen LogP) is -2.20. The van der Waals surface area contributed by atoms with Gasteiger partial charge in [0, 0.05) is 0 Å². The Bertz CT molecular complexity index is 1190. The molecule has 0 saturated carbocycles. The molecule has 1 atom stereocenters. The summed E-state index contributed by atoms with van der Waals surface area (Å²) in [6.07, 6.45) is 0. The Morgan fingerprint density at radius 3 is 1.44 bits per heavy atom. The van der Waals surface area contributed by atoms with E-state index < -0.39 is 8.80 Å². The normalized spacial score (nSPS) is 17.1. The molecular formula is C31H35Cl3SiTi. The fourth-order valence-corrected chi connectivity index (χ4v) is 11.4. The molecule has 0 aliphatic heterocycles. The van der Waals surface area contributed by atoms with Gasteiger partial charge in [-0.15, -0.1) is 0 Å². The molecule has 4 rings (SSSR count). The van der Waals surface area contributed by atoms with Gasteiger partial charge in [0.25, 0.3) is 0 Å². The van der Waals surface area contributed by atoms with Gasteiger partial charge in [-0.2, -0.15) is 0 Å². The standard InChI is InChI=1S/C31H35Si.3ClH.Ti/c1-20-13-21(2)16-28(15-20)32(29-17-22(3)14-23(4)18-29)19-30-25(6)24(5)26(7)31(30)27-11-9-8-10-12-27;;;;/h8-18,32H,19H2,1-7H3;3*1H;/q;;;;+3/p-3. The molecule has 1 unspecified atom stereocenters. The van der Waals surface area contributed by atoms with Gasteiger partial charge in [0.2, 0.25) is 0 Å². The molecule has 1 aliphatic carbocycles. The average molecular weight is 590 g/mol. The van der Waals surface area contributed by atoms with Crippen molar-refractivity contribution < 1.29 is 57.7 Å². The Morgan fingerprint density at radius 2 is 1.03 bits per heavy atom. The summed E-state index contributed by atoms with van der Waals surface area (Å²) in [5.74, 6) is 0. The minimum absolute atomic E-state index is 0. The van der Waals surface area contributed by atoms with E-state index in [4.69, 9.17) is 0 Å². The molecule has 36 heavy (non-hydrogen) atoms. The molecule has 0 spiro atoms. The average Bonchev–Trinajstić information content (AvgIpc) is 2.91. The first-order chi connectivity index (χ1) is 15.6. The van der Waals surface area contributed by atoms with Crippen LogP contribution in [0, 0.1) is 27.7 Å². The molecule has 0 nitrogen and oxygen atoms in total. The molecule has 0 fully saturated rings. The summed E-state index contributed by atoms with van der Waals surface area (Å²) in [6.45, 7) is 16.0. The summed E-state index contributed by atoms with van der Waals surface area (Å²) in [4.78, 5) is 0. The van der Waals surface area contributed by atoms with Gasteiger partial charge in [-0.25, -0.2) is 0 Å². The van der Waals surface area contributed by atoms with Gasteiger partial charge in [-0.3, -0.25) is 0 Å². The number of rotatable bonds is 5. The quantitative estimate of drug-likeness (QED) is 0.297. The summed E-state index contributed by atoms with van der Waals surface area (Å²) < 4.78 is 0.0434. The van der Waals surface area contributed by atoms with Crippen molar-refractivity contribution in [1.82, 2.24) is 0 Å². The first kappa shape index (κ1) is 33.0. The van der Waals surface area contributed by atoms with Gasteiger partial charge in [0.15, 0.2) is 0 Å². The molecule has 0 radical (unpaired) electrons. The third-order valence-corrected chi connectivity index (χ3v) is 12.7. The maximum Gasteiger partial charge on any atom is -1.00 e. The minimum atomic E-state index is -1.51. The first-order valence-electron chi connectivity index (χ1n) is 12.0. The van der Waals surface area contributed by atoms with E-state index in [9.17, 15) is 0 Å². The van der Waals surface area contributed by atoms with Crippen molar-refractivity contribution in [3.8, 4) is 0 Å². The third kappa shape index (κ3) is 6.49. The van der Waals surface area contributed by atoms with Crippen molar-refractivity contribution in [2.75, 3.05) is 0 Å². The molecule has 0 N–H and O–H groups in total. The smallest absolute Gasteiger partial charge is 1.00 e. The maximum absolute atomic E-state index is 2.51. The van der Waals surface area contributed by atoms with Crippen molar-refractivity contribution in [1.29, 1.82) is 0 Å². The Morgan fingerprint density at radius 1 is 0.611 bits per heavy atom. The zero-order valence-corrected chi connectivity index (χ0v) is 27.3. The fraction of sp³-hybridized carbons (Fsp3) is 0.290. The molecule has 3 aromatic rings. The van der Waals surface area contributed by atoms with Crippen LogP contribution in [0.5, 0.6) is 0 Å². The number of hydrogen-bond acceptors (Lipinski definition) is 0. The van der Waals surface area contributed by atoms with Crippen LogP contribution >= 0.6 is 0 Å². The van der Waals surface area contributed by atoms with E-state index >= 15 is 0 Å². The Hall–Kier alpha value is -1.06. The van der Waals surface area contributed by atoms with Gasteiger partial charge < -0.3 is 37.2 Å². The van der Waals surface area contributed by atoms with Crippen LogP contribution in [0.4, 0.5) is 0 Å². The van der Waals surface area contributed by atoms with Crippen molar-refractivity contribution in [2.24, 2.45) is 0 Å². The second-order valence-electron chi connectivity index (χ2n) is 10.1. The Balaban J connectivity index is 0.00000216. The monoisotopic (exact) mass is 588 g/mol. The topological polar surface area (TPSA) is 0 Å². The van der Waals surface area contributed by atoms with Crippen molar-refractivity contribution in [3.63, 3.8) is 0 Å². The molecule has 0 heterocycles. The van der Waals surface area contributed by atoms with Gasteiger partial charge >= 0.3 is 215 Å². The summed E-state index contributed by atoms with van der Waals surface area (Å²) >= 11 is 2.51. The van der Waals surface area contributed by atoms with E-state index in [0.29, 0.717) is 0 Å². The van der Waals surface area contributed by atoms with Crippen LogP contribution in [0.15, 0.2) is 83.4 Å². The van der Waals surface area contributed by atoms with Crippen molar-refractivity contribution in [2.45, 2.75) is 58.2 Å². The van der Waals surface area contributed by atoms with Crippen LogP contribution in [-0.4, -0.2) is 8.80 Å². The van der Waals surface area contributed by atoms with Gasteiger partial charge in [-0.05, 0) is 0 Å². The molecule has 0 aromatic heterocycles. The van der Waals surface area contributed by atoms with Crippen LogP contribution < -0.4 is 47.6 Å². The van der Waals surface area contributed by atoms with Crippen LogP contribution in [-0.2, 0) is 20.4 Å². The van der Waals surface area contributed by atoms with Crippen LogP contribution in [0.2, 0.25) is 9.76 Å². The number of hydrogen-bond donors (Lipinski definition) is 0. The SMILES string of the molecule is CC1=C(C)[C]([Ti+3])(C[SiH](c2cc(C)cc(C)c2)c2cc(C)cc(C)c2)C(c2ccccc2)=C1C.[Cl-].[Cl-].[Cl-]. The second kappa shape index (κ2) is 13.1. The zero-order chi connectivity index (χ0) is 23.9. The molecule has 0 saturated heterocycles. The minimum Gasteiger partial charge on any atom is -1.00 e. The first-order valence-corrected chi connectivity index (χ1v) is 14.7. The number of halogens is 3. The van der Waals surface area contributed by atoms with Crippen LogP contribution in [0.25, 0.3) is 5.57 Å². The van der Waals surface area contributed by atoms with Crippen LogP contribution in [0.1, 0.15) is 48.6 Å². The zero-order valence-electron chi connectivity index (χ0n) is 22.3. The maximum atomic E-state index is 2.51. The molecule has 0 amide bonds. The van der Waals surface area contributed by atoms with Gasteiger partial charge in [0.1, 0.15) is 0 Å². The van der Waals surface area contributed by atoms with Crippen molar-refractivity contribution in [3.05, 3.63) is 111 Å². The van der Waals surface area contributed by atoms with Crippen molar-refractivity contribution >= 4 is 24.7 Å². The predicted molar refractivity (Wildman–Crippen MR) is 143 cm³/mol. The Kier molecular flexibility index (Phi) is 12.0.